The van der Waals surface area contributed by atoms with Crippen LogP contribution < -0.4 is 4.74 Å². The molecule has 22 heavy (non-hydrogen) atoms. The number of carbonyl (C=O) groups is 1. The molecule has 3 rings (SSSR count). The van der Waals surface area contributed by atoms with Crippen LogP contribution in [0.5, 0.6) is 11.5 Å². The summed E-state index contributed by atoms with van der Waals surface area (Å²) in [6.07, 6.45) is 3.26. The smallest absolute Gasteiger partial charge is 0.345 e. The molecule has 112 valence electrons. The highest BCUT2D eigenvalue weighted by molar-refractivity contribution is 7.20. The Morgan fingerprint density at radius 2 is 1.95 bits per heavy atom. The van der Waals surface area contributed by atoms with Gasteiger partial charge in [0.25, 0.3) is 0 Å². The molecule has 0 aliphatic carbocycles. The van der Waals surface area contributed by atoms with Crippen LogP contribution in [0, 0.1) is 0 Å². The largest absolute Gasteiger partial charge is 0.477 e. The summed E-state index contributed by atoms with van der Waals surface area (Å²) in [5.41, 5.74) is 1.24. The second-order valence-electron chi connectivity index (χ2n) is 5.29. The van der Waals surface area contributed by atoms with Gasteiger partial charge in [0.05, 0.1) is 10.9 Å². The van der Waals surface area contributed by atoms with E-state index in [4.69, 9.17) is 9.84 Å². The van der Waals surface area contributed by atoms with E-state index in [2.05, 4.69) is 18.8 Å². The number of fused-ring (bicyclic) bond motifs is 1. The molecular formula is C17H15NO3S. The predicted molar refractivity (Wildman–Crippen MR) is 87.2 cm³/mol. The standard InChI is InChI=1S/C17H15NO3S/c1-10(2)11-3-5-12(6-4-11)21-14-8-18-9-16-13(14)7-15(22-16)17(19)20/h3-10H,1-2H3,(H,19,20). The number of hydrogen-bond acceptors (Lipinski definition) is 4. The van der Waals surface area contributed by atoms with Crippen molar-refractivity contribution in [2.75, 3.05) is 0 Å². The third kappa shape index (κ3) is 2.80. The van der Waals surface area contributed by atoms with Crippen LogP contribution in [0.3, 0.4) is 0 Å². The molecule has 2 heterocycles. The van der Waals surface area contributed by atoms with Gasteiger partial charge >= 0.3 is 5.97 Å². The summed E-state index contributed by atoms with van der Waals surface area (Å²) in [7, 11) is 0. The maximum atomic E-state index is 11.1. The molecule has 4 nitrogen and oxygen atoms in total. The Morgan fingerprint density at radius 1 is 1.23 bits per heavy atom. The van der Waals surface area contributed by atoms with Gasteiger partial charge in [-0.05, 0) is 29.7 Å². The lowest BCUT2D eigenvalue weighted by Crippen LogP contribution is -1.90. The van der Waals surface area contributed by atoms with E-state index in [0.29, 0.717) is 17.4 Å². The highest BCUT2D eigenvalue weighted by atomic mass is 32.1. The van der Waals surface area contributed by atoms with Gasteiger partial charge in [0, 0.05) is 11.6 Å². The molecule has 0 saturated heterocycles. The number of aromatic nitrogens is 1. The van der Waals surface area contributed by atoms with E-state index in [1.54, 1.807) is 18.5 Å². The van der Waals surface area contributed by atoms with Crippen molar-refractivity contribution in [3.05, 3.63) is 53.2 Å². The summed E-state index contributed by atoms with van der Waals surface area (Å²) in [4.78, 5) is 15.5. The lowest BCUT2D eigenvalue weighted by molar-refractivity contribution is 0.0702. The molecule has 1 aromatic carbocycles. The third-order valence-corrected chi connectivity index (χ3v) is 4.45. The molecule has 0 aliphatic rings. The van der Waals surface area contributed by atoms with Crippen LogP contribution >= 0.6 is 11.3 Å². The van der Waals surface area contributed by atoms with Gasteiger partial charge in [-0.25, -0.2) is 4.79 Å². The summed E-state index contributed by atoms with van der Waals surface area (Å²) in [5.74, 6) is 0.808. The van der Waals surface area contributed by atoms with Crippen LogP contribution in [-0.4, -0.2) is 16.1 Å². The fraction of sp³-hybridized carbons (Fsp3) is 0.176. The molecule has 1 N–H and O–H groups in total. The molecule has 2 aromatic heterocycles. The first-order chi connectivity index (χ1) is 10.5. The van der Waals surface area contributed by atoms with E-state index in [9.17, 15) is 4.79 Å². The molecule has 0 fully saturated rings. The maximum Gasteiger partial charge on any atom is 0.345 e. The van der Waals surface area contributed by atoms with Crippen molar-refractivity contribution in [3.63, 3.8) is 0 Å². The van der Waals surface area contributed by atoms with Gasteiger partial charge in [-0.3, -0.25) is 4.98 Å². The van der Waals surface area contributed by atoms with Crippen LogP contribution in [0.25, 0.3) is 10.1 Å². The average molecular weight is 313 g/mol. The highest BCUT2D eigenvalue weighted by Crippen LogP contribution is 2.34. The zero-order valence-corrected chi connectivity index (χ0v) is 13.1. The van der Waals surface area contributed by atoms with Crippen molar-refractivity contribution in [1.29, 1.82) is 0 Å². The average Bonchev–Trinajstić information content (AvgIpc) is 2.93. The van der Waals surface area contributed by atoms with Gasteiger partial charge in [0.1, 0.15) is 10.6 Å². The number of rotatable bonds is 4. The monoisotopic (exact) mass is 313 g/mol. The van der Waals surface area contributed by atoms with E-state index < -0.39 is 5.97 Å². The zero-order valence-electron chi connectivity index (χ0n) is 12.2. The van der Waals surface area contributed by atoms with E-state index in [-0.39, 0.29) is 4.88 Å². The number of carboxylic acid groups (broad SMARTS) is 1. The molecule has 5 heteroatoms. The Morgan fingerprint density at radius 3 is 2.59 bits per heavy atom. The van der Waals surface area contributed by atoms with E-state index >= 15 is 0 Å². The highest BCUT2D eigenvalue weighted by Gasteiger charge is 2.13. The number of ether oxygens (including phenoxy) is 1. The quantitative estimate of drug-likeness (QED) is 0.743. The van der Waals surface area contributed by atoms with E-state index in [1.807, 2.05) is 24.3 Å². The van der Waals surface area contributed by atoms with Gasteiger partial charge in [-0.15, -0.1) is 11.3 Å². The third-order valence-electron chi connectivity index (χ3n) is 3.40. The second kappa shape index (κ2) is 5.77. The first-order valence-corrected chi connectivity index (χ1v) is 7.75. The van der Waals surface area contributed by atoms with E-state index in [1.165, 1.54) is 16.9 Å². The number of pyridine rings is 1. The fourth-order valence-electron chi connectivity index (χ4n) is 2.17. The number of aromatic carboxylic acids is 1. The van der Waals surface area contributed by atoms with Crippen molar-refractivity contribution in [1.82, 2.24) is 4.98 Å². The minimum atomic E-state index is -0.937. The Hall–Kier alpha value is -2.40. The molecule has 0 bridgehead atoms. The van der Waals surface area contributed by atoms with Crippen LogP contribution in [0.15, 0.2) is 42.7 Å². The lowest BCUT2D eigenvalue weighted by Gasteiger charge is -2.09. The van der Waals surface area contributed by atoms with Crippen molar-refractivity contribution in [2.45, 2.75) is 19.8 Å². The van der Waals surface area contributed by atoms with E-state index in [0.717, 1.165) is 10.1 Å². The summed E-state index contributed by atoms with van der Waals surface area (Å²) in [5, 5.41) is 9.87. The van der Waals surface area contributed by atoms with Crippen LogP contribution in [0.1, 0.15) is 35.0 Å². The second-order valence-corrected chi connectivity index (χ2v) is 6.37. The molecule has 0 unspecified atom stereocenters. The summed E-state index contributed by atoms with van der Waals surface area (Å²) in [6.45, 7) is 4.28. The van der Waals surface area contributed by atoms with Crippen molar-refractivity contribution in [3.8, 4) is 11.5 Å². The van der Waals surface area contributed by atoms with Gasteiger partial charge in [-0.2, -0.15) is 0 Å². The number of hydrogen-bond donors (Lipinski definition) is 1. The zero-order chi connectivity index (χ0) is 15.7. The van der Waals surface area contributed by atoms with Crippen molar-refractivity contribution < 1.29 is 14.6 Å². The predicted octanol–water partition coefficient (Wildman–Crippen LogP) is 4.91. The summed E-state index contributed by atoms with van der Waals surface area (Å²) < 4.78 is 6.67. The van der Waals surface area contributed by atoms with Gasteiger partial charge in [0.15, 0.2) is 5.75 Å². The molecule has 0 atom stereocenters. The van der Waals surface area contributed by atoms with Crippen LogP contribution in [-0.2, 0) is 0 Å². The first-order valence-electron chi connectivity index (χ1n) is 6.93. The Kier molecular flexibility index (Phi) is 3.81. The molecule has 0 saturated carbocycles. The van der Waals surface area contributed by atoms with Crippen molar-refractivity contribution in [2.24, 2.45) is 0 Å². The topological polar surface area (TPSA) is 59.4 Å². The maximum absolute atomic E-state index is 11.1. The number of benzene rings is 1. The van der Waals surface area contributed by atoms with Crippen LogP contribution in [0.2, 0.25) is 0 Å². The SMILES string of the molecule is CC(C)c1ccc(Oc2cncc3sc(C(=O)O)cc23)cc1. The minimum absolute atomic E-state index is 0.281. The Labute approximate surface area is 132 Å². The minimum Gasteiger partial charge on any atom is -0.477 e. The molecule has 0 aliphatic heterocycles. The molecule has 3 aromatic rings. The number of carboxylic acids is 1. The first kappa shape index (κ1) is 14.5. The number of thiophene rings is 1. The molecular weight excluding hydrogens is 298 g/mol. The van der Waals surface area contributed by atoms with Gasteiger partial charge < -0.3 is 9.84 Å². The van der Waals surface area contributed by atoms with Crippen LogP contribution in [0.4, 0.5) is 0 Å². The fourth-order valence-corrected chi connectivity index (χ4v) is 3.05. The summed E-state index contributed by atoms with van der Waals surface area (Å²) in [6, 6.07) is 9.52. The number of nitrogens with zero attached hydrogens (tertiary/aromatic N) is 1. The van der Waals surface area contributed by atoms with Gasteiger partial charge in [0.2, 0.25) is 0 Å². The molecule has 0 spiro atoms. The lowest BCUT2D eigenvalue weighted by atomic mass is 10.0. The van der Waals surface area contributed by atoms with Crippen molar-refractivity contribution >= 4 is 27.4 Å². The summed E-state index contributed by atoms with van der Waals surface area (Å²) >= 11 is 1.19. The Balaban J connectivity index is 1.94. The van der Waals surface area contributed by atoms with Gasteiger partial charge in [-0.1, -0.05) is 26.0 Å². The Bertz CT molecular complexity index is 822. The molecule has 0 amide bonds. The normalized spacial score (nSPS) is 11.0. The molecule has 0 radical (unpaired) electrons.